The molecule has 4 rings (SSSR count). The summed E-state index contributed by atoms with van der Waals surface area (Å²) in [5.74, 6) is -0.0820. The Balaban J connectivity index is 1.43. The first kappa shape index (κ1) is 14.6. The lowest BCUT2D eigenvalue weighted by molar-refractivity contribution is 0.0951. The van der Waals surface area contributed by atoms with E-state index in [9.17, 15) is 4.79 Å². The maximum atomic E-state index is 12.3. The van der Waals surface area contributed by atoms with E-state index in [-0.39, 0.29) is 5.91 Å². The molecule has 2 aromatic heterocycles. The number of aromatic nitrogens is 3. The molecular weight excluding hydrogens is 320 g/mol. The van der Waals surface area contributed by atoms with E-state index in [0.717, 1.165) is 21.5 Å². The van der Waals surface area contributed by atoms with Gasteiger partial charge in [-0.1, -0.05) is 12.1 Å². The standard InChI is InChI=1S/C18H14N4OS/c23-18(14-4-7-16-17(10-14)24-12-20-16)19-11-13-2-5-15(6-3-13)22-9-1-8-21-22/h1-10,12H,11H2,(H,19,23). The van der Waals surface area contributed by atoms with Gasteiger partial charge in [0.05, 0.1) is 21.4 Å². The first-order valence-electron chi connectivity index (χ1n) is 7.50. The van der Waals surface area contributed by atoms with Crippen LogP contribution in [0.5, 0.6) is 0 Å². The first-order valence-corrected chi connectivity index (χ1v) is 8.38. The van der Waals surface area contributed by atoms with Crippen molar-refractivity contribution in [1.82, 2.24) is 20.1 Å². The third kappa shape index (κ3) is 2.91. The van der Waals surface area contributed by atoms with Crippen LogP contribution < -0.4 is 5.32 Å². The van der Waals surface area contributed by atoms with Gasteiger partial charge in [-0.3, -0.25) is 4.79 Å². The average molecular weight is 334 g/mol. The Morgan fingerprint density at radius 2 is 2.04 bits per heavy atom. The smallest absolute Gasteiger partial charge is 0.251 e. The summed E-state index contributed by atoms with van der Waals surface area (Å²) >= 11 is 1.53. The highest BCUT2D eigenvalue weighted by atomic mass is 32.1. The molecule has 0 spiro atoms. The van der Waals surface area contributed by atoms with Gasteiger partial charge in [0.2, 0.25) is 0 Å². The molecule has 6 heteroatoms. The quantitative estimate of drug-likeness (QED) is 0.622. The largest absolute Gasteiger partial charge is 0.348 e. The molecule has 5 nitrogen and oxygen atoms in total. The normalized spacial score (nSPS) is 10.8. The number of carbonyl (C=O) groups is 1. The Labute approximate surface area is 142 Å². The van der Waals surface area contributed by atoms with Crippen LogP contribution in [-0.2, 0) is 6.54 Å². The molecule has 0 aliphatic carbocycles. The molecule has 118 valence electrons. The molecule has 0 bridgehead atoms. The van der Waals surface area contributed by atoms with E-state index in [0.29, 0.717) is 12.1 Å². The second-order valence-corrected chi connectivity index (χ2v) is 6.22. The third-order valence-corrected chi connectivity index (χ3v) is 4.54. The Hall–Kier alpha value is -2.99. The molecule has 0 unspecified atom stereocenters. The fraction of sp³-hybridized carbons (Fsp3) is 0.0556. The molecular formula is C18H14N4OS. The van der Waals surface area contributed by atoms with Crippen molar-refractivity contribution in [2.24, 2.45) is 0 Å². The Morgan fingerprint density at radius 1 is 1.17 bits per heavy atom. The molecule has 1 N–H and O–H groups in total. The molecule has 0 fully saturated rings. The summed E-state index contributed by atoms with van der Waals surface area (Å²) in [5.41, 5.74) is 5.39. The average Bonchev–Trinajstić information content (AvgIpc) is 3.30. The third-order valence-electron chi connectivity index (χ3n) is 3.75. The second-order valence-electron chi connectivity index (χ2n) is 5.33. The van der Waals surface area contributed by atoms with Crippen LogP contribution in [0.15, 0.2) is 66.4 Å². The number of amides is 1. The van der Waals surface area contributed by atoms with Gasteiger partial charge in [0, 0.05) is 24.5 Å². The van der Waals surface area contributed by atoms with E-state index in [1.54, 1.807) is 22.5 Å². The van der Waals surface area contributed by atoms with Gasteiger partial charge in [-0.05, 0) is 42.0 Å². The van der Waals surface area contributed by atoms with Gasteiger partial charge in [-0.15, -0.1) is 11.3 Å². The van der Waals surface area contributed by atoms with Crippen LogP contribution in [0, 0.1) is 0 Å². The topological polar surface area (TPSA) is 59.8 Å². The molecule has 0 saturated heterocycles. The van der Waals surface area contributed by atoms with E-state index in [1.807, 2.05) is 48.7 Å². The molecule has 24 heavy (non-hydrogen) atoms. The van der Waals surface area contributed by atoms with Crippen LogP contribution in [0.3, 0.4) is 0 Å². The minimum atomic E-state index is -0.0820. The Morgan fingerprint density at radius 3 is 2.83 bits per heavy atom. The number of hydrogen-bond acceptors (Lipinski definition) is 4. The van der Waals surface area contributed by atoms with Crippen LogP contribution in [0.4, 0.5) is 0 Å². The van der Waals surface area contributed by atoms with Crippen molar-refractivity contribution in [3.63, 3.8) is 0 Å². The van der Waals surface area contributed by atoms with Crippen molar-refractivity contribution in [3.8, 4) is 5.69 Å². The van der Waals surface area contributed by atoms with Crippen LogP contribution in [0.1, 0.15) is 15.9 Å². The SMILES string of the molecule is O=C(NCc1ccc(-n2cccn2)cc1)c1ccc2ncsc2c1. The minimum absolute atomic E-state index is 0.0820. The van der Waals surface area contributed by atoms with E-state index in [2.05, 4.69) is 15.4 Å². The van der Waals surface area contributed by atoms with Crippen molar-refractivity contribution in [2.45, 2.75) is 6.54 Å². The second kappa shape index (κ2) is 6.25. The lowest BCUT2D eigenvalue weighted by Gasteiger charge is -2.07. The van der Waals surface area contributed by atoms with Crippen LogP contribution in [0.2, 0.25) is 0 Å². The highest BCUT2D eigenvalue weighted by molar-refractivity contribution is 7.16. The zero-order chi connectivity index (χ0) is 16.4. The van der Waals surface area contributed by atoms with Gasteiger partial charge in [0.15, 0.2) is 0 Å². The predicted octanol–water partition coefficient (Wildman–Crippen LogP) is 3.41. The summed E-state index contributed by atoms with van der Waals surface area (Å²) in [6.45, 7) is 0.485. The number of hydrogen-bond donors (Lipinski definition) is 1. The Bertz CT molecular complexity index is 974. The molecule has 0 atom stereocenters. The van der Waals surface area contributed by atoms with Crippen LogP contribution >= 0.6 is 11.3 Å². The molecule has 2 heterocycles. The van der Waals surface area contributed by atoms with Crippen molar-refractivity contribution in [1.29, 1.82) is 0 Å². The molecule has 2 aromatic carbocycles. The highest BCUT2D eigenvalue weighted by Crippen LogP contribution is 2.19. The maximum Gasteiger partial charge on any atom is 0.251 e. The summed E-state index contributed by atoms with van der Waals surface area (Å²) in [7, 11) is 0. The lowest BCUT2D eigenvalue weighted by Crippen LogP contribution is -2.22. The highest BCUT2D eigenvalue weighted by Gasteiger charge is 2.07. The molecule has 0 radical (unpaired) electrons. The summed E-state index contributed by atoms with van der Waals surface area (Å²) < 4.78 is 2.82. The number of thiazole rings is 1. The lowest BCUT2D eigenvalue weighted by atomic mass is 10.1. The van der Waals surface area contributed by atoms with Gasteiger partial charge >= 0.3 is 0 Å². The Kier molecular flexibility index (Phi) is 3.80. The molecule has 0 aliphatic rings. The van der Waals surface area contributed by atoms with Crippen molar-refractivity contribution < 1.29 is 4.79 Å². The zero-order valence-electron chi connectivity index (χ0n) is 12.7. The predicted molar refractivity (Wildman–Crippen MR) is 94.4 cm³/mol. The first-order chi connectivity index (χ1) is 11.8. The van der Waals surface area contributed by atoms with Gasteiger partial charge in [0.25, 0.3) is 5.91 Å². The van der Waals surface area contributed by atoms with E-state index in [4.69, 9.17) is 0 Å². The summed E-state index contributed by atoms with van der Waals surface area (Å²) in [6, 6.07) is 15.4. The molecule has 0 aliphatic heterocycles. The number of nitrogens with one attached hydrogen (secondary N) is 1. The minimum Gasteiger partial charge on any atom is -0.348 e. The fourth-order valence-electron chi connectivity index (χ4n) is 2.47. The van der Waals surface area contributed by atoms with Crippen molar-refractivity contribution in [3.05, 3.63) is 77.6 Å². The van der Waals surface area contributed by atoms with Gasteiger partial charge in [0.1, 0.15) is 0 Å². The number of fused-ring (bicyclic) bond motifs is 1. The summed E-state index contributed by atoms with van der Waals surface area (Å²) in [5, 5.41) is 7.14. The number of nitrogens with zero attached hydrogens (tertiary/aromatic N) is 3. The fourth-order valence-corrected chi connectivity index (χ4v) is 3.19. The van der Waals surface area contributed by atoms with Crippen LogP contribution in [0.25, 0.3) is 15.9 Å². The van der Waals surface area contributed by atoms with E-state index >= 15 is 0 Å². The molecule has 0 saturated carbocycles. The maximum absolute atomic E-state index is 12.3. The van der Waals surface area contributed by atoms with E-state index < -0.39 is 0 Å². The van der Waals surface area contributed by atoms with Gasteiger partial charge in [-0.2, -0.15) is 5.10 Å². The molecule has 1 amide bonds. The number of rotatable bonds is 4. The van der Waals surface area contributed by atoms with Gasteiger partial charge in [-0.25, -0.2) is 9.67 Å². The zero-order valence-corrected chi connectivity index (χ0v) is 13.5. The molecule has 4 aromatic rings. The monoisotopic (exact) mass is 334 g/mol. The van der Waals surface area contributed by atoms with Crippen molar-refractivity contribution in [2.75, 3.05) is 0 Å². The summed E-state index contributed by atoms with van der Waals surface area (Å²) in [6.07, 6.45) is 3.64. The number of carbonyl (C=O) groups excluding carboxylic acids is 1. The van der Waals surface area contributed by atoms with Crippen LogP contribution in [-0.4, -0.2) is 20.7 Å². The van der Waals surface area contributed by atoms with Gasteiger partial charge < -0.3 is 5.32 Å². The summed E-state index contributed by atoms with van der Waals surface area (Å²) in [4.78, 5) is 16.5. The van der Waals surface area contributed by atoms with Crippen molar-refractivity contribution >= 4 is 27.5 Å². The van der Waals surface area contributed by atoms with E-state index in [1.165, 1.54) is 11.3 Å². The number of benzene rings is 2.